The monoisotopic (exact) mass is 324 g/mol. The number of pyridine rings is 1. The number of methoxy groups -OCH3 is 1. The number of aromatic nitrogens is 3. The molecule has 0 radical (unpaired) electrons. The van der Waals surface area contributed by atoms with Gasteiger partial charge in [-0.05, 0) is 29.8 Å². The summed E-state index contributed by atoms with van der Waals surface area (Å²) < 4.78 is 5.20. The molecule has 0 bridgehead atoms. The van der Waals surface area contributed by atoms with Gasteiger partial charge in [0.15, 0.2) is 0 Å². The molecule has 0 saturated carbocycles. The lowest BCUT2D eigenvalue weighted by Crippen LogP contribution is -2.13. The van der Waals surface area contributed by atoms with Crippen LogP contribution in [0.4, 0.5) is 0 Å². The third-order valence-corrected chi connectivity index (χ3v) is 3.44. The van der Waals surface area contributed by atoms with Crippen LogP contribution in [0.25, 0.3) is 16.5 Å². The van der Waals surface area contributed by atoms with Crippen LogP contribution in [-0.4, -0.2) is 35.3 Å². The van der Waals surface area contributed by atoms with Crippen molar-refractivity contribution in [2.24, 2.45) is 0 Å². The van der Waals surface area contributed by atoms with Crippen molar-refractivity contribution >= 4 is 22.4 Å². The predicted octanol–water partition coefficient (Wildman–Crippen LogP) is 2.08. The first-order chi connectivity index (χ1) is 11.7. The highest BCUT2D eigenvalue weighted by Crippen LogP contribution is 2.28. The van der Waals surface area contributed by atoms with E-state index < -0.39 is 5.97 Å². The average molecular weight is 324 g/mol. The molecule has 2 N–H and O–H groups in total. The molecule has 122 valence electrons. The minimum absolute atomic E-state index is 0.513. The Morgan fingerprint density at radius 1 is 1.29 bits per heavy atom. The number of nitrogens with one attached hydrogen (secondary N) is 2. The number of nitrogens with zero attached hydrogens (tertiary/aromatic N) is 2. The first kappa shape index (κ1) is 15.7. The van der Waals surface area contributed by atoms with Gasteiger partial charge in [0.05, 0.1) is 23.7 Å². The van der Waals surface area contributed by atoms with Gasteiger partial charge < -0.3 is 9.57 Å². The van der Waals surface area contributed by atoms with Crippen LogP contribution in [-0.2, 0) is 9.63 Å². The van der Waals surface area contributed by atoms with Gasteiger partial charge in [0.2, 0.25) is 5.88 Å². The Morgan fingerprint density at radius 3 is 2.88 bits per heavy atom. The summed E-state index contributed by atoms with van der Waals surface area (Å²) in [6.45, 7) is 0. The molecule has 0 amide bonds. The Balaban J connectivity index is 2.10. The van der Waals surface area contributed by atoms with E-state index in [9.17, 15) is 4.79 Å². The third-order valence-electron chi connectivity index (χ3n) is 3.44. The van der Waals surface area contributed by atoms with E-state index in [1.54, 1.807) is 13.3 Å². The minimum Gasteiger partial charge on any atom is -0.480 e. The van der Waals surface area contributed by atoms with Gasteiger partial charge in [0.25, 0.3) is 0 Å². The molecule has 3 aromatic rings. The molecule has 0 saturated heterocycles. The fourth-order valence-corrected chi connectivity index (χ4v) is 2.39. The predicted molar refractivity (Wildman–Crippen MR) is 89.1 cm³/mol. The Hall–Kier alpha value is -3.19. The minimum atomic E-state index is -0.513. The molecule has 2 heterocycles. The molecule has 0 fully saturated rings. The highest BCUT2D eigenvalue weighted by atomic mass is 16.7. The number of hydroxylamine groups is 1. The van der Waals surface area contributed by atoms with Crippen molar-refractivity contribution in [2.45, 2.75) is 0 Å². The number of fused-ring (bicyclic) bond motifs is 1. The van der Waals surface area contributed by atoms with Crippen molar-refractivity contribution in [3.05, 3.63) is 59.9 Å². The number of hydrogen-bond acceptors (Lipinski definition) is 6. The van der Waals surface area contributed by atoms with Crippen LogP contribution in [0.2, 0.25) is 0 Å². The van der Waals surface area contributed by atoms with Crippen LogP contribution in [0.1, 0.15) is 11.3 Å². The van der Waals surface area contributed by atoms with E-state index >= 15 is 0 Å². The zero-order valence-electron chi connectivity index (χ0n) is 13.2. The lowest BCUT2D eigenvalue weighted by atomic mass is 10.0. The first-order valence-electron chi connectivity index (χ1n) is 7.26. The third kappa shape index (κ3) is 3.11. The number of ether oxygens (including phenoxy) is 1. The van der Waals surface area contributed by atoms with Crippen molar-refractivity contribution in [1.29, 1.82) is 0 Å². The number of hydrogen-bond donors (Lipinski definition) is 2. The van der Waals surface area contributed by atoms with Crippen LogP contribution in [0, 0.1) is 0 Å². The molecule has 7 heteroatoms. The first-order valence-corrected chi connectivity index (χ1v) is 7.26. The van der Waals surface area contributed by atoms with Gasteiger partial charge in [-0.15, -0.1) is 5.10 Å². The van der Waals surface area contributed by atoms with Gasteiger partial charge in [0.1, 0.15) is 0 Å². The summed E-state index contributed by atoms with van der Waals surface area (Å²) in [5.74, 6) is 0.00921. The zero-order chi connectivity index (χ0) is 16.9. The number of carbonyl (C=O) groups is 1. The number of aromatic amines is 1. The molecule has 0 spiro atoms. The summed E-state index contributed by atoms with van der Waals surface area (Å²) >= 11 is 0. The molecule has 2 aromatic heterocycles. The van der Waals surface area contributed by atoms with E-state index in [-0.39, 0.29) is 0 Å². The van der Waals surface area contributed by atoms with Gasteiger partial charge in [-0.1, -0.05) is 12.1 Å². The highest BCUT2D eigenvalue weighted by Gasteiger charge is 2.13. The van der Waals surface area contributed by atoms with Gasteiger partial charge in [-0.2, -0.15) is 5.48 Å². The van der Waals surface area contributed by atoms with Gasteiger partial charge >= 0.3 is 5.97 Å². The van der Waals surface area contributed by atoms with Crippen molar-refractivity contribution in [1.82, 2.24) is 20.7 Å². The maximum atomic E-state index is 11.9. The van der Waals surface area contributed by atoms with Crippen molar-refractivity contribution in [2.75, 3.05) is 14.2 Å². The van der Waals surface area contributed by atoms with Gasteiger partial charge in [-0.3, -0.25) is 10.1 Å². The number of H-pyrrole nitrogens is 1. The summed E-state index contributed by atoms with van der Waals surface area (Å²) in [4.78, 5) is 21.0. The van der Waals surface area contributed by atoms with E-state index in [1.165, 1.54) is 13.1 Å². The topological polar surface area (TPSA) is 89.1 Å². The lowest BCUT2D eigenvalue weighted by molar-refractivity contribution is -0.143. The normalized spacial score (nSPS) is 11.5. The summed E-state index contributed by atoms with van der Waals surface area (Å²) in [5, 5.41) is 7.87. The fraction of sp³-hybridized carbons (Fsp3) is 0.118. The van der Waals surface area contributed by atoms with Crippen LogP contribution >= 0.6 is 0 Å². The Bertz CT molecular complexity index is 887. The Morgan fingerprint density at radius 2 is 2.17 bits per heavy atom. The molecule has 0 unspecified atom stereocenters. The molecular weight excluding hydrogens is 308 g/mol. The summed E-state index contributed by atoms with van der Waals surface area (Å²) in [5.41, 5.74) is 5.28. The van der Waals surface area contributed by atoms with Crippen LogP contribution < -0.4 is 10.2 Å². The fourth-order valence-electron chi connectivity index (χ4n) is 2.39. The van der Waals surface area contributed by atoms with Crippen LogP contribution in [0.15, 0.2) is 48.7 Å². The summed E-state index contributed by atoms with van der Waals surface area (Å²) in [6, 6.07) is 11.2. The Kier molecular flexibility index (Phi) is 4.53. The molecule has 1 aromatic carbocycles. The number of carbonyl (C=O) groups excluding carboxylic acids is 1. The second-order valence-electron chi connectivity index (χ2n) is 4.89. The molecule has 0 aliphatic heterocycles. The smallest absolute Gasteiger partial charge is 0.350 e. The van der Waals surface area contributed by atoms with Gasteiger partial charge in [-0.25, -0.2) is 4.79 Å². The molecule has 0 aliphatic rings. The van der Waals surface area contributed by atoms with Crippen LogP contribution in [0.5, 0.6) is 5.88 Å². The molecule has 0 aliphatic carbocycles. The number of benzene rings is 1. The largest absolute Gasteiger partial charge is 0.480 e. The zero-order valence-corrected chi connectivity index (χ0v) is 13.2. The van der Waals surface area contributed by atoms with E-state index in [1.807, 2.05) is 36.4 Å². The van der Waals surface area contributed by atoms with E-state index in [0.717, 1.165) is 16.5 Å². The SMILES string of the molecule is CNOC(=O)C=C(c1ccc2c(OC)n[nH]c2c1)c1ccccn1. The van der Waals surface area contributed by atoms with E-state index in [0.29, 0.717) is 17.1 Å². The summed E-state index contributed by atoms with van der Waals surface area (Å²) in [7, 11) is 3.09. The maximum Gasteiger partial charge on any atom is 0.350 e. The van der Waals surface area contributed by atoms with Crippen molar-refractivity contribution in [3.63, 3.8) is 0 Å². The number of rotatable bonds is 5. The van der Waals surface area contributed by atoms with Crippen molar-refractivity contribution < 1.29 is 14.4 Å². The van der Waals surface area contributed by atoms with Crippen molar-refractivity contribution in [3.8, 4) is 5.88 Å². The molecule has 24 heavy (non-hydrogen) atoms. The molecule has 0 atom stereocenters. The van der Waals surface area contributed by atoms with Crippen LogP contribution in [0.3, 0.4) is 0 Å². The van der Waals surface area contributed by atoms with Gasteiger partial charge in [0, 0.05) is 24.9 Å². The quantitative estimate of drug-likeness (QED) is 0.552. The lowest BCUT2D eigenvalue weighted by Gasteiger charge is -2.08. The molecular formula is C17H16N4O3. The van der Waals surface area contributed by atoms with E-state index in [2.05, 4.69) is 20.7 Å². The summed E-state index contributed by atoms with van der Waals surface area (Å²) in [6.07, 6.45) is 3.07. The Labute approximate surface area is 138 Å². The maximum absolute atomic E-state index is 11.9. The molecule has 3 rings (SSSR count). The van der Waals surface area contributed by atoms with E-state index in [4.69, 9.17) is 9.57 Å². The second-order valence-corrected chi connectivity index (χ2v) is 4.89. The highest BCUT2D eigenvalue weighted by molar-refractivity contribution is 5.97. The second kappa shape index (κ2) is 6.93. The standard InChI is InChI=1S/C17H16N4O3/c1-18-24-16(22)10-13(14-5-3-4-8-19-14)11-6-7-12-15(9-11)20-21-17(12)23-2/h3-10,18H,1-2H3,(H,20,21). The average Bonchev–Trinajstić information content (AvgIpc) is 3.03. The molecule has 7 nitrogen and oxygen atoms in total.